The second-order valence-corrected chi connectivity index (χ2v) is 7.71. The number of likely N-dealkylation sites (N-methyl/N-ethyl adjacent to an activating group) is 1. The zero-order chi connectivity index (χ0) is 20.7. The van der Waals surface area contributed by atoms with E-state index in [1.165, 1.54) is 0 Å². The molecule has 0 N–H and O–H groups in total. The lowest BCUT2D eigenvalue weighted by Crippen LogP contribution is -2.48. The number of likely N-dealkylation sites (tertiary alicyclic amines) is 1. The molecule has 150 valence electrons. The van der Waals surface area contributed by atoms with Gasteiger partial charge in [-0.15, -0.1) is 0 Å². The molecule has 1 aromatic rings. The van der Waals surface area contributed by atoms with E-state index in [9.17, 15) is 27.2 Å². The maximum atomic E-state index is 14.0. The summed E-state index contributed by atoms with van der Waals surface area (Å²) in [5.74, 6) is -6.40. The first kappa shape index (κ1) is 21.3. The summed E-state index contributed by atoms with van der Waals surface area (Å²) in [5, 5.41) is -0.438. The number of hydrogen-bond acceptors (Lipinski definition) is 3. The van der Waals surface area contributed by atoms with E-state index in [1.54, 1.807) is 20.8 Å². The molecule has 1 unspecified atom stereocenters. The van der Waals surface area contributed by atoms with Gasteiger partial charge < -0.3 is 9.64 Å². The predicted molar refractivity (Wildman–Crippen MR) is 91.1 cm³/mol. The van der Waals surface area contributed by atoms with Gasteiger partial charge >= 0.3 is 6.09 Å². The Hall–Kier alpha value is -2.03. The summed E-state index contributed by atoms with van der Waals surface area (Å²) < 4.78 is 60.2. The van der Waals surface area contributed by atoms with E-state index in [0.29, 0.717) is 11.0 Å². The average Bonchev–Trinajstić information content (AvgIpc) is 2.84. The molecular weight excluding hydrogens is 392 g/mol. The fourth-order valence-corrected chi connectivity index (χ4v) is 2.82. The number of hydrogen-bond donors (Lipinski definition) is 0. The van der Waals surface area contributed by atoms with Gasteiger partial charge in [-0.1, -0.05) is 11.6 Å². The Labute approximate surface area is 158 Å². The van der Waals surface area contributed by atoms with E-state index in [-0.39, 0.29) is 0 Å². The maximum absolute atomic E-state index is 14.0. The third-order valence-electron chi connectivity index (χ3n) is 3.86. The summed E-state index contributed by atoms with van der Waals surface area (Å²) in [7, 11) is 1.12. The molecule has 1 heterocycles. The van der Waals surface area contributed by atoms with E-state index in [4.69, 9.17) is 16.3 Å². The van der Waals surface area contributed by atoms with E-state index in [2.05, 4.69) is 0 Å². The number of ether oxygens (including phenoxy) is 1. The number of halogens is 5. The number of rotatable bonds is 2. The number of alkyl halides is 2. The van der Waals surface area contributed by atoms with Gasteiger partial charge in [-0.05, 0) is 26.8 Å². The Bertz CT molecular complexity index is 767. The van der Waals surface area contributed by atoms with Crippen LogP contribution in [0.25, 0.3) is 0 Å². The van der Waals surface area contributed by atoms with Crippen LogP contribution in [-0.4, -0.2) is 48.1 Å². The summed E-state index contributed by atoms with van der Waals surface area (Å²) >= 11 is 5.61. The van der Waals surface area contributed by atoms with Crippen LogP contribution in [0.3, 0.4) is 0 Å². The van der Waals surface area contributed by atoms with E-state index in [1.807, 2.05) is 0 Å². The summed E-state index contributed by atoms with van der Waals surface area (Å²) in [4.78, 5) is 26.3. The Balaban J connectivity index is 2.31. The Kier molecular flexibility index (Phi) is 5.66. The summed E-state index contributed by atoms with van der Waals surface area (Å²) in [5.41, 5.74) is -1.35. The van der Waals surface area contributed by atoms with Crippen LogP contribution in [0, 0.1) is 11.6 Å². The molecule has 0 saturated carbocycles. The van der Waals surface area contributed by atoms with Gasteiger partial charge in [0, 0.05) is 19.5 Å². The summed E-state index contributed by atoms with van der Waals surface area (Å²) in [6, 6.07) is -0.214. The number of anilines is 1. The molecule has 2 rings (SSSR count). The minimum Gasteiger partial charge on any atom is -0.444 e. The van der Waals surface area contributed by atoms with Crippen LogP contribution in [0.15, 0.2) is 12.1 Å². The summed E-state index contributed by atoms with van der Waals surface area (Å²) in [6.45, 7) is 3.66. The second-order valence-electron chi connectivity index (χ2n) is 7.30. The fourth-order valence-electron chi connectivity index (χ4n) is 2.66. The van der Waals surface area contributed by atoms with Crippen LogP contribution in [-0.2, 0) is 9.53 Å². The van der Waals surface area contributed by atoms with Crippen molar-refractivity contribution < 1.29 is 31.9 Å². The number of amides is 2. The average molecular weight is 411 g/mol. The van der Waals surface area contributed by atoms with Gasteiger partial charge in [0.2, 0.25) is 5.91 Å². The Morgan fingerprint density at radius 3 is 2.41 bits per heavy atom. The third kappa shape index (κ3) is 4.82. The molecule has 2 amide bonds. The van der Waals surface area contributed by atoms with Crippen molar-refractivity contribution >= 4 is 29.3 Å². The minimum atomic E-state index is -3.31. The van der Waals surface area contributed by atoms with Gasteiger partial charge in [0.15, 0.2) is 0 Å². The SMILES string of the molecule is CN(C(=O)C1CC(F)(F)CN1C(=O)OC(C)(C)C)c1cc(Cl)c(F)cc1F. The number of carbonyl (C=O) groups is 2. The van der Waals surface area contributed by atoms with Gasteiger partial charge in [-0.3, -0.25) is 9.69 Å². The van der Waals surface area contributed by atoms with E-state index >= 15 is 0 Å². The van der Waals surface area contributed by atoms with Crippen LogP contribution in [0.1, 0.15) is 27.2 Å². The molecule has 1 aliphatic rings. The van der Waals surface area contributed by atoms with Crippen LogP contribution in [0.5, 0.6) is 0 Å². The Morgan fingerprint density at radius 1 is 1.26 bits per heavy atom. The number of benzene rings is 1. The summed E-state index contributed by atoms with van der Waals surface area (Å²) in [6.07, 6.45) is -2.02. The molecule has 1 saturated heterocycles. The first-order chi connectivity index (χ1) is 12.2. The molecule has 1 aromatic carbocycles. The molecule has 0 aromatic heterocycles. The van der Waals surface area contributed by atoms with E-state index in [0.717, 1.165) is 18.0 Å². The van der Waals surface area contributed by atoms with Crippen molar-refractivity contribution in [3.05, 3.63) is 28.8 Å². The topological polar surface area (TPSA) is 49.9 Å². The van der Waals surface area contributed by atoms with Crippen molar-refractivity contribution in [2.75, 3.05) is 18.5 Å². The number of carbonyl (C=O) groups excluding carboxylic acids is 2. The molecule has 0 bridgehead atoms. The smallest absolute Gasteiger partial charge is 0.411 e. The molecule has 1 atom stereocenters. The monoisotopic (exact) mass is 410 g/mol. The standard InChI is InChI=1S/C17H19ClF4N2O3/c1-16(2,3)27-15(26)24-8-17(21,22)7-13(24)14(25)23(4)12-5-9(18)10(19)6-11(12)20/h5-6,13H,7-8H2,1-4H3. The second kappa shape index (κ2) is 7.18. The molecule has 0 radical (unpaired) electrons. The first-order valence-electron chi connectivity index (χ1n) is 8.01. The predicted octanol–water partition coefficient (Wildman–Crippen LogP) is 4.23. The van der Waals surface area contributed by atoms with Crippen molar-refractivity contribution in [3.8, 4) is 0 Å². The normalized spacial score (nSPS) is 19.1. The largest absolute Gasteiger partial charge is 0.444 e. The Morgan fingerprint density at radius 2 is 1.85 bits per heavy atom. The van der Waals surface area contributed by atoms with Crippen LogP contribution in [0.2, 0.25) is 5.02 Å². The van der Waals surface area contributed by atoms with E-state index < -0.39 is 64.9 Å². The lowest BCUT2D eigenvalue weighted by Gasteiger charge is -2.29. The highest BCUT2D eigenvalue weighted by molar-refractivity contribution is 6.31. The van der Waals surface area contributed by atoms with Gasteiger partial charge in [0.05, 0.1) is 17.3 Å². The lowest BCUT2D eigenvalue weighted by atomic mass is 10.1. The van der Waals surface area contributed by atoms with Crippen molar-refractivity contribution in [1.29, 1.82) is 0 Å². The maximum Gasteiger partial charge on any atom is 0.411 e. The van der Waals surface area contributed by atoms with Crippen molar-refractivity contribution in [3.63, 3.8) is 0 Å². The molecule has 0 aliphatic carbocycles. The number of nitrogens with zero attached hydrogens (tertiary/aromatic N) is 2. The first-order valence-corrected chi connectivity index (χ1v) is 8.39. The highest BCUT2D eigenvalue weighted by Gasteiger charge is 2.52. The fraction of sp³-hybridized carbons (Fsp3) is 0.529. The molecular formula is C17H19ClF4N2O3. The highest BCUT2D eigenvalue weighted by Crippen LogP contribution is 2.35. The molecule has 1 aliphatic heterocycles. The van der Waals surface area contributed by atoms with Crippen LogP contribution >= 0.6 is 11.6 Å². The molecule has 5 nitrogen and oxygen atoms in total. The van der Waals surface area contributed by atoms with Crippen LogP contribution < -0.4 is 4.90 Å². The van der Waals surface area contributed by atoms with Crippen molar-refractivity contribution in [2.45, 2.75) is 44.8 Å². The molecule has 1 fully saturated rings. The van der Waals surface area contributed by atoms with Gasteiger partial charge in [-0.25, -0.2) is 22.4 Å². The van der Waals surface area contributed by atoms with Crippen molar-refractivity contribution in [2.24, 2.45) is 0 Å². The molecule has 10 heteroatoms. The zero-order valence-corrected chi connectivity index (χ0v) is 15.9. The zero-order valence-electron chi connectivity index (χ0n) is 15.2. The quantitative estimate of drug-likeness (QED) is 0.541. The third-order valence-corrected chi connectivity index (χ3v) is 4.15. The van der Waals surface area contributed by atoms with Crippen molar-refractivity contribution in [1.82, 2.24) is 4.90 Å². The molecule has 27 heavy (non-hydrogen) atoms. The van der Waals surface area contributed by atoms with Gasteiger partial charge in [0.1, 0.15) is 23.3 Å². The highest BCUT2D eigenvalue weighted by atomic mass is 35.5. The van der Waals surface area contributed by atoms with Gasteiger partial charge in [-0.2, -0.15) is 0 Å². The lowest BCUT2D eigenvalue weighted by molar-refractivity contribution is -0.122. The molecule has 0 spiro atoms. The van der Waals surface area contributed by atoms with Gasteiger partial charge in [0.25, 0.3) is 5.92 Å². The minimum absolute atomic E-state index is 0.397. The van der Waals surface area contributed by atoms with Crippen LogP contribution in [0.4, 0.5) is 28.0 Å².